The van der Waals surface area contributed by atoms with E-state index in [1.165, 1.54) is 10.9 Å². The van der Waals surface area contributed by atoms with E-state index in [1.807, 2.05) is 32.9 Å². The fourth-order valence-electron chi connectivity index (χ4n) is 1.91. The summed E-state index contributed by atoms with van der Waals surface area (Å²) >= 11 is 0. The van der Waals surface area contributed by atoms with Crippen LogP contribution in [-0.4, -0.2) is 21.5 Å². The first-order chi connectivity index (χ1) is 8.97. The van der Waals surface area contributed by atoms with E-state index in [1.54, 1.807) is 6.07 Å². The van der Waals surface area contributed by atoms with Crippen molar-refractivity contribution in [2.24, 2.45) is 0 Å². The second-order valence-electron chi connectivity index (χ2n) is 4.92. The van der Waals surface area contributed by atoms with Crippen molar-refractivity contribution in [1.82, 2.24) is 14.9 Å². The Bertz CT molecular complexity index is 674. The Morgan fingerprint density at radius 3 is 2.84 bits per heavy atom. The molecule has 2 aromatic rings. The molecule has 0 atom stereocenters. The molecular weight excluding hydrogens is 242 g/mol. The highest BCUT2D eigenvalue weighted by atomic mass is 16.2. The minimum absolute atomic E-state index is 0.00606. The largest absolute Gasteiger partial charge is 0.352 e. The summed E-state index contributed by atoms with van der Waals surface area (Å²) < 4.78 is 1.33. The smallest absolute Gasteiger partial charge is 0.261 e. The summed E-state index contributed by atoms with van der Waals surface area (Å²) in [4.78, 5) is 28.1. The molecule has 0 spiro atoms. The number of carbonyl (C=O) groups is 1. The number of carbonyl (C=O) groups excluding carboxylic acids is 1. The summed E-state index contributed by atoms with van der Waals surface area (Å²) in [6.07, 6.45) is 1.42. The van der Waals surface area contributed by atoms with Crippen molar-refractivity contribution >= 4 is 16.8 Å². The SMILES string of the molecule is Cc1ccc2ncn(CC(=O)NC(C)C)c(=O)c2c1. The van der Waals surface area contributed by atoms with Crippen LogP contribution in [0.5, 0.6) is 0 Å². The standard InChI is InChI=1S/C14H17N3O2/c1-9(2)16-13(18)7-17-8-15-12-5-4-10(3)6-11(12)14(17)19/h4-6,8-9H,7H2,1-3H3,(H,16,18). The lowest BCUT2D eigenvalue weighted by molar-refractivity contribution is -0.122. The first-order valence-electron chi connectivity index (χ1n) is 6.22. The highest BCUT2D eigenvalue weighted by Gasteiger charge is 2.08. The zero-order valence-electron chi connectivity index (χ0n) is 11.3. The van der Waals surface area contributed by atoms with Gasteiger partial charge in [0.15, 0.2) is 0 Å². The summed E-state index contributed by atoms with van der Waals surface area (Å²) in [7, 11) is 0. The lowest BCUT2D eigenvalue weighted by Crippen LogP contribution is -2.36. The Hall–Kier alpha value is -2.17. The molecule has 5 heteroatoms. The van der Waals surface area contributed by atoms with Gasteiger partial charge in [0.05, 0.1) is 17.2 Å². The number of fused-ring (bicyclic) bond motifs is 1. The van der Waals surface area contributed by atoms with Gasteiger partial charge in [-0.15, -0.1) is 0 Å². The number of rotatable bonds is 3. The number of hydrogen-bond donors (Lipinski definition) is 1. The molecule has 19 heavy (non-hydrogen) atoms. The molecule has 0 aliphatic carbocycles. The average Bonchev–Trinajstić information content (AvgIpc) is 2.32. The van der Waals surface area contributed by atoms with Crippen LogP contribution in [0.3, 0.4) is 0 Å². The van der Waals surface area contributed by atoms with Crippen molar-refractivity contribution in [2.45, 2.75) is 33.4 Å². The van der Waals surface area contributed by atoms with Gasteiger partial charge in [-0.25, -0.2) is 4.98 Å². The van der Waals surface area contributed by atoms with Crippen LogP contribution in [0, 0.1) is 6.92 Å². The summed E-state index contributed by atoms with van der Waals surface area (Å²) in [5.41, 5.74) is 1.46. The van der Waals surface area contributed by atoms with Crippen molar-refractivity contribution in [1.29, 1.82) is 0 Å². The monoisotopic (exact) mass is 259 g/mol. The number of nitrogens with zero attached hydrogens (tertiary/aromatic N) is 2. The lowest BCUT2D eigenvalue weighted by Gasteiger charge is -2.10. The highest BCUT2D eigenvalue weighted by molar-refractivity contribution is 5.79. The first-order valence-corrected chi connectivity index (χ1v) is 6.22. The van der Waals surface area contributed by atoms with Crippen molar-refractivity contribution < 1.29 is 4.79 Å². The zero-order chi connectivity index (χ0) is 14.0. The topological polar surface area (TPSA) is 64.0 Å². The molecule has 100 valence electrons. The van der Waals surface area contributed by atoms with Crippen LogP contribution < -0.4 is 10.9 Å². The maximum Gasteiger partial charge on any atom is 0.261 e. The highest BCUT2D eigenvalue weighted by Crippen LogP contribution is 2.08. The minimum Gasteiger partial charge on any atom is -0.352 e. The van der Waals surface area contributed by atoms with E-state index in [9.17, 15) is 9.59 Å². The lowest BCUT2D eigenvalue weighted by atomic mass is 10.2. The zero-order valence-corrected chi connectivity index (χ0v) is 11.3. The molecule has 1 aromatic heterocycles. The summed E-state index contributed by atoms with van der Waals surface area (Å²) in [5.74, 6) is -0.189. The minimum atomic E-state index is -0.189. The summed E-state index contributed by atoms with van der Waals surface area (Å²) in [6, 6.07) is 5.57. The Morgan fingerprint density at radius 1 is 1.42 bits per heavy atom. The van der Waals surface area contributed by atoms with Crippen LogP contribution in [-0.2, 0) is 11.3 Å². The van der Waals surface area contributed by atoms with Crippen molar-refractivity contribution in [2.75, 3.05) is 0 Å². The fraction of sp³-hybridized carbons (Fsp3) is 0.357. The van der Waals surface area contributed by atoms with E-state index in [0.29, 0.717) is 10.9 Å². The van der Waals surface area contributed by atoms with E-state index in [-0.39, 0.29) is 24.1 Å². The van der Waals surface area contributed by atoms with Gasteiger partial charge in [-0.2, -0.15) is 0 Å². The molecule has 0 radical (unpaired) electrons. The van der Waals surface area contributed by atoms with Crippen LogP contribution in [0.15, 0.2) is 29.3 Å². The quantitative estimate of drug-likeness (QED) is 0.901. The van der Waals surface area contributed by atoms with Gasteiger partial charge in [0, 0.05) is 6.04 Å². The van der Waals surface area contributed by atoms with Crippen LogP contribution >= 0.6 is 0 Å². The van der Waals surface area contributed by atoms with Crippen molar-refractivity contribution in [3.05, 3.63) is 40.4 Å². The van der Waals surface area contributed by atoms with E-state index in [0.717, 1.165) is 5.56 Å². The fourth-order valence-corrected chi connectivity index (χ4v) is 1.91. The molecule has 0 aliphatic rings. The number of amides is 1. The number of hydrogen-bond acceptors (Lipinski definition) is 3. The molecule has 0 saturated heterocycles. The normalized spacial score (nSPS) is 10.9. The van der Waals surface area contributed by atoms with Crippen molar-refractivity contribution in [3.8, 4) is 0 Å². The van der Waals surface area contributed by atoms with Gasteiger partial charge in [-0.3, -0.25) is 14.2 Å². The molecule has 5 nitrogen and oxygen atoms in total. The van der Waals surface area contributed by atoms with Gasteiger partial charge in [-0.05, 0) is 32.9 Å². The number of aryl methyl sites for hydroxylation is 1. The van der Waals surface area contributed by atoms with Crippen molar-refractivity contribution in [3.63, 3.8) is 0 Å². The van der Waals surface area contributed by atoms with Crippen LogP contribution in [0.25, 0.3) is 10.9 Å². The maximum atomic E-state index is 12.2. The van der Waals surface area contributed by atoms with Gasteiger partial charge in [-0.1, -0.05) is 11.6 Å². The molecule has 0 saturated carbocycles. The molecule has 1 N–H and O–H groups in total. The molecule has 1 amide bonds. The third kappa shape index (κ3) is 2.99. The van der Waals surface area contributed by atoms with E-state index < -0.39 is 0 Å². The predicted octanol–water partition coefficient (Wildman–Crippen LogP) is 1.23. The van der Waals surface area contributed by atoms with Crippen LogP contribution in [0.2, 0.25) is 0 Å². The molecule has 0 aliphatic heterocycles. The van der Waals surface area contributed by atoms with E-state index in [2.05, 4.69) is 10.3 Å². The van der Waals surface area contributed by atoms with Crippen LogP contribution in [0.4, 0.5) is 0 Å². The van der Waals surface area contributed by atoms with Crippen LogP contribution in [0.1, 0.15) is 19.4 Å². The molecule has 1 aromatic carbocycles. The maximum absolute atomic E-state index is 12.2. The molecule has 1 heterocycles. The Labute approximate surface area is 111 Å². The molecule has 2 rings (SSSR count). The summed E-state index contributed by atoms with van der Waals surface area (Å²) in [5, 5.41) is 3.29. The number of benzene rings is 1. The second-order valence-corrected chi connectivity index (χ2v) is 4.92. The number of aromatic nitrogens is 2. The third-order valence-corrected chi connectivity index (χ3v) is 2.74. The summed E-state index contributed by atoms with van der Waals surface area (Å²) in [6.45, 7) is 5.67. The van der Waals surface area contributed by atoms with Gasteiger partial charge >= 0.3 is 0 Å². The van der Waals surface area contributed by atoms with Gasteiger partial charge in [0.25, 0.3) is 5.56 Å². The van der Waals surface area contributed by atoms with Gasteiger partial charge in [0.2, 0.25) is 5.91 Å². The Balaban J connectivity index is 2.37. The number of nitrogens with one attached hydrogen (secondary N) is 1. The van der Waals surface area contributed by atoms with Gasteiger partial charge in [0.1, 0.15) is 6.54 Å². The van der Waals surface area contributed by atoms with E-state index >= 15 is 0 Å². The second kappa shape index (κ2) is 5.22. The molecule has 0 fully saturated rings. The van der Waals surface area contributed by atoms with Gasteiger partial charge < -0.3 is 5.32 Å². The third-order valence-electron chi connectivity index (χ3n) is 2.74. The Morgan fingerprint density at radius 2 is 2.16 bits per heavy atom. The van der Waals surface area contributed by atoms with E-state index in [4.69, 9.17) is 0 Å². The average molecular weight is 259 g/mol. The Kier molecular flexibility index (Phi) is 3.64. The first kappa shape index (κ1) is 13.3. The predicted molar refractivity (Wildman–Crippen MR) is 74.0 cm³/mol. The molecule has 0 unspecified atom stereocenters. The molecular formula is C14H17N3O2. The molecule has 0 bridgehead atoms.